The quantitative estimate of drug-likeness (QED) is 0.250. The number of aliphatic hydroxyl groups is 1. The van der Waals surface area contributed by atoms with E-state index in [2.05, 4.69) is 52.9 Å². The summed E-state index contributed by atoms with van der Waals surface area (Å²) in [7, 11) is -0.602. The van der Waals surface area contributed by atoms with Crippen LogP contribution in [0.2, 0.25) is 18.1 Å². The van der Waals surface area contributed by atoms with Gasteiger partial charge in [0.15, 0.2) is 19.5 Å². The van der Waals surface area contributed by atoms with E-state index in [0.29, 0.717) is 24.5 Å². The Morgan fingerprint density at radius 1 is 1.05 bits per heavy atom. The average molecular weight is 583 g/mol. The molecule has 8 heteroatoms. The first-order valence-corrected chi connectivity index (χ1v) is 17.7. The molecule has 1 N–H and O–H groups in total. The second-order valence-electron chi connectivity index (χ2n) is 12.5. The number of rotatable bonds is 9. The third-order valence-corrected chi connectivity index (χ3v) is 15.1. The van der Waals surface area contributed by atoms with Crippen LogP contribution in [-0.4, -0.2) is 55.3 Å². The Balaban J connectivity index is 1.59. The average Bonchev–Trinajstić information content (AvgIpc) is 3.61. The molecule has 2 fully saturated rings. The van der Waals surface area contributed by atoms with Gasteiger partial charge in [-0.05, 0) is 73.6 Å². The number of benzene rings is 2. The van der Waals surface area contributed by atoms with Crippen LogP contribution in [0.3, 0.4) is 0 Å². The van der Waals surface area contributed by atoms with E-state index in [1.165, 1.54) is 0 Å². The first-order valence-electron chi connectivity index (χ1n) is 14.0. The summed E-state index contributed by atoms with van der Waals surface area (Å²) in [6, 6.07) is 17.6. The van der Waals surface area contributed by atoms with Gasteiger partial charge in [-0.25, -0.2) is 0 Å². The Labute approximate surface area is 243 Å². The fourth-order valence-electron chi connectivity index (χ4n) is 5.79. The summed E-state index contributed by atoms with van der Waals surface area (Å²) in [5.41, 5.74) is -2.72. The largest absolute Gasteiger partial charge is 0.497 e. The number of ether oxygens (including phenoxy) is 4. The van der Waals surface area contributed by atoms with Gasteiger partial charge in [0.25, 0.3) is 0 Å². The minimum atomic E-state index is -2.24. The molecule has 3 heterocycles. The van der Waals surface area contributed by atoms with E-state index in [0.717, 1.165) is 17.1 Å². The van der Waals surface area contributed by atoms with Crippen molar-refractivity contribution in [3.63, 3.8) is 0 Å². The van der Waals surface area contributed by atoms with Crippen molar-refractivity contribution in [2.45, 2.75) is 91.7 Å². The number of methoxy groups -OCH3 is 1. The topological polar surface area (TPSA) is 66.4 Å². The van der Waals surface area contributed by atoms with Crippen LogP contribution in [0.25, 0.3) is 0 Å². The first kappa shape index (κ1) is 29.3. The zero-order chi connectivity index (χ0) is 28.8. The predicted molar refractivity (Wildman–Crippen MR) is 161 cm³/mol. The minimum absolute atomic E-state index is 0.0112. The Morgan fingerprint density at radius 2 is 1.73 bits per heavy atom. The van der Waals surface area contributed by atoms with Crippen molar-refractivity contribution in [2.75, 3.05) is 13.7 Å². The lowest BCUT2D eigenvalue weighted by atomic mass is 9.65. The number of thioether (sulfide) groups is 1. The van der Waals surface area contributed by atoms with Gasteiger partial charge in [0, 0.05) is 17.7 Å². The number of hydrogen-bond donors (Lipinski definition) is 1. The molecule has 0 saturated carbocycles. The molecule has 3 aliphatic rings. The maximum atomic E-state index is 13.1. The number of fused-ring (bicyclic) bond motifs is 2. The molecule has 2 saturated heterocycles. The fourth-order valence-corrected chi connectivity index (χ4v) is 8.59. The Kier molecular flexibility index (Phi) is 7.72. The van der Waals surface area contributed by atoms with Gasteiger partial charge in [-0.2, -0.15) is 0 Å². The smallest absolute Gasteiger partial charge is 0.192 e. The fraction of sp³-hybridized carbons (Fsp3) is 0.500. The standard InChI is InChI=1S/C32H42O6SSi/c1-29(2,3)40(6,7)38-28-22-27-30(4,39-25-12-9-8-10-13-25)32(33,26-14-11-20-36-26)31(28,37-27)19-21-35-24-17-15-23(34-5)16-18-24/h8-10,12-19,21,27-28,33H,11,20,22H2,1-7H3/b21-19-/t27-,28-,30-,31+,32-/m0/s1. The van der Waals surface area contributed by atoms with E-state index in [1.807, 2.05) is 54.6 Å². The highest BCUT2D eigenvalue weighted by molar-refractivity contribution is 8.00. The molecule has 0 aromatic heterocycles. The van der Waals surface area contributed by atoms with Crippen molar-refractivity contribution >= 4 is 20.1 Å². The molecule has 0 amide bonds. The van der Waals surface area contributed by atoms with Gasteiger partial charge in [-0.15, -0.1) is 11.8 Å². The normalized spacial score (nSPS) is 31.9. The van der Waals surface area contributed by atoms with Gasteiger partial charge in [-0.3, -0.25) is 0 Å². The van der Waals surface area contributed by atoms with Crippen molar-refractivity contribution in [1.29, 1.82) is 0 Å². The highest BCUT2D eigenvalue weighted by Gasteiger charge is 2.80. The van der Waals surface area contributed by atoms with Crippen molar-refractivity contribution in [2.24, 2.45) is 0 Å². The Hall–Kier alpha value is -2.23. The lowest BCUT2D eigenvalue weighted by Gasteiger charge is -2.53. The van der Waals surface area contributed by atoms with Crippen LogP contribution in [0.5, 0.6) is 11.5 Å². The van der Waals surface area contributed by atoms with E-state index in [1.54, 1.807) is 25.1 Å². The van der Waals surface area contributed by atoms with Crippen LogP contribution in [0.15, 0.2) is 83.7 Å². The molecular formula is C32H42O6SSi. The summed E-state index contributed by atoms with van der Waals surface area (Å²) in [5, 5.41) is 13.1. The van der Waals surface area contributed by atoms with Gasteiger partial charge in [0.1, 0.15) is 17.3 Å². The molecule has 0 spiro atoms. The van der Waals surface area contributed by atoms with Crippen molar-refractivity contribution in [1.82, 2.24) is 0 Å². The summed E-state index contributed by atoms with van der Waals surface area (Å²) in [6.07, 6.45) is 6.24. The molecule has 2 aromatic carbocycles. The molecule has 2 aromatic rings. The van der Waals surface area contributed by atoms with Gasteiger partial charge in [-0.1, -0.05) is 39.0 Å². The molecule has 3 aliphatic heterocycles. The Morgan fingerprint density at radius 3 is 2.33 bits per heavy atom. The summed E-state index contributed by atoms with van der Waals surface area (Å²) < 4.78 is 30.8. The number of hydrogen-bond acceptors (Lipinski definition) is 7. The molecule has 5 atom stereocenters. The predicted octanol–water partition coefficient (Wildman–Crippen LogP) is 7.11. The maximum Gasteiger partial charge on any atom is 0.192 e. The molecule has 6 nitrogen and oxygen atoms in total. The van der Waals surface area contributed by atoms with Crippen molar-refractivity contribution in [3.05, 3.63) is 78.8 Å². The highest BCUT2D eigenvalue weighted by Crippen LogP contribution is 2.66. The molecule has 2 bridgehead atoms. The van der Waals surface area contributed by atoms with E-state index < -0.39 is 24.3 Å². The zero-order valence-electron chi connectivity index (χ0n) is 24.6. The molecule has 0 radical (unpaired) electrons. The van der Waals surface area contributed by atoms with E-state index >= 15 is 0 Å². The van der Waals surface area contributed by atoms with Crippen LogP contribution in [0, 0.1) is 0 Å². The third kappa shape index (κ3) is 4.71. The van der Waals surface area contributed by atoms with Gasteiger partial charge in [0.2, 0.25) is 0 Å². The SMILES string of the molecule is COc1ccc(O/C=C\[C@@]23O[C@@H](C[C@@H]2O[Si](C)(C)C(C)(C)C)[C@](C)(Sc2ccccc2)[C@@]3(O)C2=CCCO2)cc1. The van der Waals surface area contributed by atoms with Crippen LogP contribution in [-0.2, 0) is 13.9 Å². The summed E-state index contributed by atoms with van der Waals surface area (Å²) in [4.78, 5) is 1.06. The molecule has 0 aliphatic carbocycles. The van der Waals surface area contributed by atoms with Crippen LogP contribution in [0.1, 0.15) is 40.5 Å². The zero-order valence-corrected chi connectivity index (χ0v) is 26.4. The molecule has 0 unspecified atom stereocenters. The lowest BCUT2D eigenvalue weighted by molar-refractivity contribution is -0.127. The van der Waals surface area contributed by atoms with Crippen molar-refractivity contribution in [3.8, 4) is 11.5 Å². The Bertz CT molecular complexity index is 1260. The molecule has 40 heavy (non-hydrogen) atoms. The summed E-state index contributed by atoms with van der Waals surface area (Å²) in [6.45, 7) is 13.8. The monoisotopic (exact) mass is 582 g/mol. The second-order valence-corrected chi connectivity index (χ2v) is 18.8. The first-order chi connectivity index (χ1) is 18.9. The van der Waals surface area contributed by atoms with E-state index in [4.69, 9.17) is 23.4 Å². The summed E-state index contributed by atoms with van der Waals surface area (Å²) in [5.74, 6) is 1.96. The highest BCUT2D eigenvalue weighted by atomic mass is 32.2. The minimum Gasteiger partial charge on any atom is -0.497 e. The van der Waals surface area contributed by atoms with Crippen LogP contribution in [0.4, 0.5) is 0 Å². The molecule has 5 rings (SSSR count). The van der Waals surface area contributed by atoms with E-state index in [-0.39, 0.29) is 17.2 Å². The van der Waals surface area contributed by atoms with Crippen LogP contribution < -0.4 is 9.47 Å². The second kappa shape index (κ2) is 10.6. The lowest BCUT2D eigenvalue weighted by Crippen LogP contribution is -2.70. The summed E-state index contributed by atoms with van der Waals surface area (Å²) >= 11 is 1.64. The molecule has 216 valence electrons. The van der Waals surface area contributed by atoms with Crippen LogP contribution >= 0.6 is 11.8 Å². The maximum absolute atomic E-state index is 13.1. The van der Waals surface area contributed by atoms with Crippen molar-refractivity contribution < 1.29 is 28.5 Å². The van der Waals surface area contributed by atoms with Gasteiger partial charge < -0.3 is 28.5 Å². The van der Waals surface area contributed by atoms with Gasteiger partial charge >= 0.3 is 0 Å². The van der Waals surface area contributed by atoms with E-state index in [9.17, 15) is 5.11 Å². The third-order valence-electron chi connectivity index (χ3n) is 9.10. The molecular weight excluding hydrogens is 540 g/mol. The van der Waals surface area contributed by atoms with Gasteiger partial charge in [0.05, 0.1) is 36.9 Å².